The number of carbonyl (C=O) groups excluding carboxylic acids is 2. The van der Waals surface area contributed by atoms with E-state index in [4.69, 9.17) is 9.47 Å². The Morgan fingerprint density at radius 3 is 2.45 bits per heavy atom. The molecular formula is C19H29N3O6S. The van der Waals surface area contributed by atoms with Crippen LogP contribution in [-0.4, -0.2) is 74.6 Å². The highest BCUT2D eigenvalue weighted by Gasteiger charge is 2.49. The highest BCUT2D eigenvalue weighted by molar-refractivity contribution is 7.88. The Hall–Kier alpha value is -2.33. The number of rotatable bonds is 7. The molecule has 0 radical (unpaired) electrons. The van der Waals surface area contributed by atoms with Crippen molar-refractivity contribution in [1.82, 2.24) is 14.5 Å². The number of nitrogens with zero attached hydrogens (tertiary/aromatic N) is 2. The zero-order valence-corrected chi connectivity index (χ0v) is 18.5. The summed E-state index contributed by atoms with van der Waals surface area (Å²) >= 11 is 0. The molecule has 0 aliphatic carbocycles. The van der Waals surface area contributed by atoms with Gasteiger partial charge in [-0.3, -0.25) is 9.59 Å². The monoisotopic (exact) mass is 427 g/mol. The molecule has 9 nitrogen and oxygen atoms in total. The van der Waals surface area contributed by atoms with Gasteiger partial charge in [0.15, 0.2) is 0 Å². The van der Waals surface area contributed by atoms with Gasteiger partial charge in [-0.15, -0.1) is 0 Å². The summed E-state index contributed by atoms with van der Waals surface area (Å²) < 4.78 is 35.9. The van der Waals surface area contributed by atoms with E-state index in [2.05, 4.69) is 5.32 Å². The van der Waals surface area contributed by atoms with E-state index >= 15 is 0 Å². The summed E-state index contributed by atoms with van der Waals surface area (Å²) in [5.74, 6) is 0.233. The first-order valence-electron chi connectivity index (χ1n) is 9.20. The van der Waals surface area contributed by atoms with Gasteiger partial charge in [0.25, 0.3) is 0 Å². The number of piperazine rings is 1. The summed E-state index contributed by atoms with van der Waals surface area (Å²) in [4.78, 5) is 27.4. The van der Waals surface area contributed by atoms with E-state index in [1.54, 1.807) is 39.0 Å². The van der Waals surface area contributed by atoms with Crippen molar-refractivity contribution in [1.29, 1.82) is 0 Å². The molecule has 0 bridgehead atoms. The minimum Gasteiger partial charge on any atom is -0.497 e. The fourth-order valence-electron chi connectivity index (χ4n) is 3.28. The molecule has 1 unspecified atom stereocenters. The third-order valence-electron chi connectivity index (χ3n) is 4.89. The summed E-state index contributed by atoms with van der Waals surface area (Å²) in [5, 5.41) is 2.80. The first-order chi connectivity index (χ1) is 13.4. The van der Waals surface area contributed by atoms with Gasteiger partial charge in [0, 0.05) is 18.2 Å². The van der Waals surface area contributed by atoms with E-state index in [0.29, 0.717) is 17.1 Å². The fraction of sp³-hybridized carbons (Fsp3) is 0.579. The molecule has 0 spiro atoms. The van der Waals surface area contributed by atoms with E-state index in [0.717, 1.165) is 10.6 Å². The van der Waals surface area contributed by atoms with Crippen LogP contribution in [0.4, 0.5) is 0 Å². The molecule has 1 fully saturated rings. The SMILES string of the molecule is COc1ccc(OC)c(CN2C(=O)CN(S(C)(=O)=O)CC2(C)C(=O)NC(C)C)c1. The maximum absolute atomic E-state index is 13.0. The van der Waals surface area contributed by atoms with Crippen LogP contribution in [0.25, 0.3) is 0 Å². The number of hydrogen-bond acceptors (Lipinski definition) is 6. The lowest BCUT2D eigenvalue weighted by atomic mass is 9.94. The van der Waals surface area contributed by atoms with Crippen molar-refractivity contribution < 1.29 is 27.5 Å². The lowest BCUT2D eigenvalue weighted by Gasteiger charge is -2.47. The van der Waals surface area contributed by atoms with Crippen LogP contribution in [0, 0.1) is 0 Å². The van der Waals surface area contributed by atoms with Crippen LogP contribution >= 0.6 is 0 Å². The van der Waals surface area contributed by atoms with Crippen molar-refractivity contribution in [3.8, 4) is 11.5 Å². The van der Waals surface area contributed by atoms with Gasteiger partial charge < -0.3 is 19.7 Å². The molecule has 1 aliphatic rings. The standard InChI is InChI=1S/C19H29N3O6S/c1-13(2)20-18(24)19(3)12-21(29(6,25)26)11-17(23)22(19)10-14-9-15(27-4)7-8-16(14)28-5/h7-9,13H,10-12H2,1-6H3,(H,20,24). The maximum Gasteiger partial charge on any atom is 0.247 e. The van der Waals surface area contributed by atoms with Gasteiger partial charge in [0.1, 0.15) is 17.0 Å². The molecule has 1 N–H and O–H groups in total. The first kappa shape index (κ1) is 23.0. The minimum atomic E-state index is -3.65. The third kappa shape index (κ3) is 4.99. The van der Waals surface area contributed by atoms with Gasteiger partial charge in [-0.1, -0.05) is 0 Å². The predicted molar refractivity (Wildman–Crippen MR) is 108 cm³/mol. The number of amides is 2. The molecule has 1 atom stereocenters. The average Bonchev–Trinajstić information content (AvgIpc) is 2.62. The molecule has 2 rings (SSSR count). The number of ether oxygens (including phenoxy) is 2. The molecule has 1 aromatic carbocycles. The second-order valence-corrected chi connectivity index (χ2v) is 9.57. The number of hydrogen-bond donors (Lipinski definition) is 1. The van der Waals surface area contributed by atoms with Crippen molar-refractivity contribution in [3.63, 3.8) is 0 Å². The van der Waals surface area contributed by atoms with Crippen LogP contribution in [0.5, 0.6) is 11.5 Å². The molecule has 162 valence electrons. The number of carbonyl (C=O) groups is 2. The molecule has 29 heavy (non-hydrogen) atoms. The summed E-state index contributed by atoms with van der Waals surface area (Å²) in [7, 11) is -0.608. The number of benzene rings is 1. The van der Waals surface area contributed by atoms with Crippen LogP contribution in [-0.2, 0) is 26.2 Å². The molecule has 0 aromatic heterocycles. The van der Waals surface area contributed by atoms with Crippen LogP contribution in [0.2, 0.25) is 0 Å². The maximum atomic E-state index is 13.0. The normalized spacial score (nSPS) is 20.7. The Bertz CT molecular complexity index is 886. The van der Waals surface area contributed by atoms with Crippen molar-refractivity contribution in [3.05, 3.63) is 23.8 Å². The number of sulfonamides is 1. The summed E-state index contributed by atoms with van der Waals surface area (Å²) in [5.41, 5.74) is -0.742. The summed E-state index contributed by atoms with van der Waals surface area (Å²) in [6.45, 7) is 4.79. The fourth-order valence-corrected chi connectivity index (χ4v) is 4.11. The Labute approximate surface area is 172 Å². The van der Waals surface area contributed by atoms with Crippen LogP contribution in [0.1, 0.15) is 26.3 Å². The van der Waals surface area contributed by atoms with Crippen molar-refractivity contribution in [2.24, 2.45) is 0 Å². The van der Waals surface area contributed by atoms with Crippen molar-refractivity contribution in [2.75, 3.05) is 33.6 Å². The second kappa shape index (κ2) is 8.58. The molecule has 1 aromatic rings. The van der Waals surface area contributed by atoms with E-state index in [1.165, 1.54) is 19.1 Å². The van der Waals surface area contributed by atoms with Crippen LogP contribution in [0.15, 0.2) is 18.2 Å². The molecule has 1 aliphatic heterocycles. The quantitative estimate of drug-likeness (QED) is 0.683. The molecule has 1 saturated heterocycles. The topological polar surface area (TPSA) is 105 Å². The van der Waals surface area contributed by atoms with Gasteiger partial charge >= 0.3 is 0 Å². The third-order valence-corrected chi connectivity index (χ3v) is 6.08. The van der Waals surface area contributed by atoms with E-state index < -0.39 is 27.4 Å². The Morgan fingerprint density at radius 1 is 1.28 bits per heavy atom. The summed E-state index contributed by atoms with van der Waals surface area (Å²) in [6, 6.07) is 5.01. The van der Waals surface area contributed by atoms with Gasteiger partial charge in [0.05, 0.1) is 33.6 Å². The zero-order valence-electron chi connectivity index (χ0n) is 17.7. The molecule has 2 amide bonds. The molecule has 10 heteroatoms. The molecule has 1 heterocycles. The first-order valence-corrected chi connectivity index (χ1v) is 11.0. The number of nitrogens with one attached hydrogen (secondary N) is 1. The van der Waals surface area contributed by atoms with E-state index in [-0.39, 0.29) is 25.7 Å². The van der Waals surface area contributed by atoms with Crippen LogP contribution in [0.3, 0.4) is 0 Å². The second-order valence-electron chi connectivity index (χ2n) is 7.59. The van der Waals surface area contributed by atoms with Crippen molar-refractivity contribution in [2.45, 2.75) is 38.9 Å². The highest BCUT2D eigenvalue weighted by atomic mass is 32.2. The Kier molecular flexibility index (Phi) is 6.79. The zero-order chi connectivity index (χ0) is 22.0. The minimum absolute atomic E-state index is 0.0683. The Morgan fingerprint density at radius 2 is 1.93 bits per heavy atom. The number of methoxy groups -OCH3 is 2. The lowest BCUT2D eigenvalue weighted by molar-refractivity contribution is -0.153. The van der Waals surface area contributed by atoms with Crippen molar-refractivity contribution >= 4 is 21.8 Å². The van der Waals surface area contributed by atoms with Gasteiger partial charge in [-0.2, -0.15) is 4.31 Å². The van der Waals surface area contributed by atoms with Gasteiger partial charge in [-0.25, -0.2) is 8.42 Å². The van der Waals surface area contributed by atoms with Crippen LogP contribution < -0.4 is 14.8 Å². The lowest BCUT2D eigenvalue weighted by Crippen LogP contribution is -2.69. The largest absolute Gasteiger partial charge is 0.497 e. The smallest absolute Gasteiger partial charge is 0.247 e. The predicted octanol–water partition coefficient (Wildman–Crippen LogP) is 0.591. The van der Waals surface area contributed by atoms with Gasteiger partial charge in [0.2, 0.25) is 21.8 Å². The van der Waals surface area contributed by atoms with E-state index in [1.807, 2.05) is 0 Å². The molecule has 0 saturated carbocycles. The highest BCUT2D eigenvalue weighted by Crippen LogP contribution is 2.31. The Balaban J connectivity index is 2.49. The van der Waals surface area contributed by atoms with E-state index in [9.17, 15) is 18.0 Å². The molecular weight excluding hydrogens is 398 g/mol. The summed E-state index contributed by atoms with van der Waals surface area (Å²) in [6.07, 6.45) is 1.03. The average molecular weight is 428 g/mol. The van der Waals surface area contributed by atoms with Gasteiger partial charge in [-0.05, 0) is 39.0 Å².